The number of benzene rings is 2. The molecule has 0 bridgehead atoms. The van der Waals surface area contributed by atoms with E-state index in [1.165, 1.54) is 3.57 Å². The van der Waals surface area contributed by atoms with Gasteiger partial charge in [0.15, 0.2) is 0 Å². The van der Waals surface area contributed by atoms with Gasteiger partial charge < -0.3 is 10.5 Å². The molecule has 0 radical (unpaired) electrons. The fraction of sp³-hybridized carbons (Fsp3) is 0.250. The molecule has 0 amide bonds. The van der Waals surface area contributed by atoms with E-state index >= 15 is 0 Å². The van der Waals surface area contributed by atoms with Gasteiger partial charge in [-0.2, -0.15) is 0 Å². The van der Waals surface area contributed by atoms with Gasteiger partial charge in [-0.1, -0.05) is 28.1 Å². The van der Waals surface area contributed by atoms with Crippen LogP contribution in [0.3, 0.4) is 0 Å². The maximum atomic E-state index is 6.48. The lowest BCUT2D eigenvalue weighted by atomic mass is 9.93. The van der Waals surface area contributed by atoms with E-state index in [2.05, 4.69) is 75.8 Å². The number of hydrogen-bond acceptors (Lipinski definition) is 2. The molecule has 2 aromatic carbocycles. The molecule has 0 fully saturated rings. The topological polar surface area (TPSA) is 35.2 Å². The van der Waals surface area contributed by atoms with Gasteiger partial charge in [0.1, 0.15) is 5.75 Å². The molecule has 106 valence electrons. The fourth-order valence-electron chi connectivity index (χ4n) is 2.36. The van der Waals surface area contributed by atoms with Crippen LogP contribution in [0, 0.1) is 17.4 Å². The van der Waals surface area contributed by atoms with Crippen LogP contribution in [0.25, 0.3) is 0 Å². The molecular weight excluding hydrogens is 429 g/mol. The van der Waals surface area contributed by atoms with Crippen LogP contribution >= 0.6 is 38.5 Å². The van der Waals surface area contributed by atoms with Crippen molar-refractivity contribution in [2.75, 3.05) is 7.11 Å². The first-order valence-corrected chi connectivity index (χ1v) is 8.17. The van der Waals surface area contributed by atoms with Crippen molar-refractivity contribution in [3.8, 4) is 5.75 Å². The molecule has 1 unspecified atom stereocenters. The molecule has 2 nitrogen and oxygen atoms in total. The molecule has 0 aromatic heterocycles. The summed E-state index contributed by atoms with van der Waals surface area (Å²) in [7, 11) is 1.69. The van der Waals surface area contributed by atoms with Gasteiger partial charge in [-0.3, -0.25) is 0 Å². The Hall–Kier alpha value is -0.590. The van der Waals surface area contributed by atoms with Crippen molar-refractivity contribution >= 4 is 38.5 Å². The number of methoxy groups -OCH3 is 1. The highest BCUT2D eigenvalue weighted by molar-refractivity contribution is 14.1. The molecule has 2 rings (SSSR count). The zero-order valence-electron chi connectivity index (χ0n) is 11.7. The van der Waals surface area contributed by atoms with Gasteiger partial charge in [-0.05, 0) is 71.3 Å². The number of aryl methyl sites for hydroxylation is 1. The molecule has 2 N–H and O–H groups in total. The number of rotatable bonds is 3. The van der Waals surface area contributed by atoms with Crippen molar-refractivity contribution in [1.82, 2.24) is 0 Å². The van der Waals surface area contributed by atoms with Gasteiger partial charge in [-0.15, -0.1) is 0 Å². The van der Waals surface area contributed by atoms with E-state index in [9.17, 15) is 0 Å². The van der Waals surface area contributed by atoms with Crippen LogP contribution in [0.5, 0.6) is 5.75 Å². The minimum absolute atomic E-state index is 0.196. The number of hydrogen-bond donors (Lipinski definition) is 1. The summed E-state index contributed by atoms with van der Waals surface area (Å²) >= 11 is 5.89. The SMILES string of the molecule is COc1c(C)cc(Br)c(C)c1C(N)c1ccc(I)cc1. The summed E-state index contributed by atoms with van der Waals surface area (Å²) in [4.78, 5) is 0. The van der Waals surface area contributed by atoms with Gasteiger partial charge >= 0.3 is 0 Å². The minimum Gasteiger partial charge on any atom is -0.496 e. The molecule has 0 saturated carbocycles. The standard InChI is InChI=1S/C16H17BrINO/c1-9-8-13(17)10(2)14(16(9)20-3)15(19)11-4-6-12(18)7-5-11/h4-8,15H,19H2,1-3H3. The lowest BCUT2D eigenvalue weighted by molar-refractivity contribution is 0.404. The van der Waals surface area contributed by atoms with E-state index in [4.69, 9.17) is 10.5 Å². The van der Waals surface area contributed by atoms with Crippen molar-refractivity contribution in [2.45, 2.75) is 19.9 Å². The van der Waals surface area contributed by atoms with Crippen molar-refractivity contribution in [2.24, 2.45) is 5.73 Å². The van der Waals surface area contributed by atoms with Crippen LogP contribution in [-0.4, -0.2) is 7.11 Å². The van der Waals surface area contributed by atoms with Crippen LogP contribution in [-0.2, 0) is 0 Å². The third-order valence-corrected chi connectivity index (χ3v) is 5.00. The summed E-state index contributed by atoms with van der Waals surface area (Å²) in [6.07, 6.45) is 0. The number of ether oxygens (including phenoxy) is 1. The predicted octanol–water partition coefficient (Wildman–Crippen LogP) is 4.73. The fourth-order valence-corrected chi connectivity index (χ4v) is 3.27. The summed E-state index contributed by atoms with van der Waals surface area (Å²) in [6.45, 7) is 4.10. The van der Waals surface area contributed by atoms with Gasteiger partial charge in [0.25, 0.3) is 0 Å². The van der Waals surface area contributed by atoms with E-state index in [1.54, 1.807) is 7.11 Å². The average molecular weight is 446 g/mol. The Labute approximate surface area is 142 Å². The molecule has 20 heavy (non-hydrogen) atoms. The van der Waals surface area contributed by atoms with Crippen LogP contribution in [0.4, 0.5) is 0 Å². The van der Waals surface area contributed by atoms with E-state index < -0.39 is 0 Å². The minimum atomic E-state index is -0.196. The Morgan fingerprint density at radius 1 is 1.20 bits per heavy atom. The molecule has 0 saturated heterocycles. The van der Waals surface area contributed by atoms with E-state index in [0.29, 0.717) is 0 Å². The van der Waals surface area contributed by atoms with Crippen molar-refractivity contribution in [3.05, 3.63) is 60.6 Å². The molecule has 2 aromatic rings. The van der Waals surface area contributed by atoms with Crippen molar-refractivity contribution in [3.63, 3.8) is 0 Å². The van der Waals surface area contributed by atoms with Gasteiger partial charge in [0.2, 0.25) is 0 Å². The Bertz CT molecular complexity index is 625. The quantitative estimate of drug-likeness (QED) is 0.693. The van der Waals surface area contributed by atoms with E-state index in [1.807, 2.05) is 6.92 Å². The highest BCUT2D eigenvalue weighted by Gasteiger charge is 2.20. The molecule has 4 heteroatoms. The molecule has 0 aliphatic heterocycles. The molecule has 0 spiro atoms. The largest absolute Gasteiger partial charge is 0.496 e. The molecular formula is C16H17BrINO. The highest BCUT2D eigenvalue weighted by atomic mass is 127. The van der Waals surface area contributed by atoms with Crippen molar-refractivity contribution in [1.29, 1.82) is 0 Å². The van der Waals surface area contributed by atoms with Crippen LogP contribution in [0.1, 0.15) is 28.3 Å². The average Bonchev–Trinajstić information content (AvgIpc) is 2.42. The molecule has 1 atom stereocenters. The smallest absolute Gasteiger partial charge is 0.127 e. The molecule has 0 aliphatic rings. The number of nitrogens with two attached hydrogens (primary N) is 1. The maximum Gasteiger partial charge on any atom is 0.127 e. The van der Waals surface area contributed by atoms with E-state index in [-0.39, 0.29) is 6.04 Å². The van der Waals surface area contributed by atoms with Crippen LogP contribution in [0.15, 0.2) is 34.8 Å². The van der Waals surface area contributed by atoms with Crippen LogP contribution < -0.4 is 10.5 Å². The first-order chi connectivity index (χ1) is 9.45. The summed E-state index contributed by atoms with van der Waals surface area (Å²) in [6, 6.07) is 10.2. The Morgan fingerprint density at radius 2 is 1.80 bits per heavy atom. The number of halogens is 2. The van der Waals surface area contributed by atoms with Gasteiger partial charge in [-0.25, -0.2) is 0 Å². The Morgan fingerprint density at radius 3 is 2.35 bits per heavy atom. The first-order valence-electron chi connectivity index (χ1n) is 6.30. The molecule has 0 aliphatic carbocycles. The Kier molecular flexibility index (Phi) is 5.09. The van der Waals surface area contributed by atoms with Crippen molar-refractivity contribution < 1.29 is 4.74 Å². The summed E-state index contributed by atoms with van der Waals surface area (Å²) in [5, 5.41) is 0. The van der Waals surface area contributed by atoms with E-state index in [0.717, 1.165) is 32.5 Å². The monoisotopic (exact) mass is 445 g/mol. The third-order valence-electron chi connectivity index (χ3n) is 3.45. The summed E-state index contributed by atoms with van der Waals surface area (Å²) in [5.41, 5.74) is 10.8. The predicted molar refractivity (Wildman–Crippen MR) is 95.4 cm³/mol. The zero-order chi connectivity index (χ0) is 14.9. The second-order valence-corrected chi connectivity index (χ2v) is 6.88. The summed E-state index contributed by atoms with van der Waals surface area (Å²) in [5.74, 6) is 0.872. The Balaban J connectivity index is 2.58. The zero-order valence-corrected chi connectivity index (χ0v) is 15.4. The molecule has 0 heterocycles. The first kappa shape index (κ1) is 15.8. The second-order valence-electron chi connectivity index (χ2n) is 4.78. The third kappa shape index (κ3) is 3.02. The van der Waals surface area contributed by atoms with Gasteiger partial charge in [0.05, 0.1) is 13.2 Å². The summed E-state index contributed by atoms with van der Waals surface area (Å²) < 4.78 is 7.84. The van der Waals surface area contributed by atoms with Crippen LogP contribution in [0.2, 0.25) is 0 Å². The highest BCUT2D eigenvalue weighted by Crippen LogP contribution is 2.37. The van der Waals surface area contributed by atoms with Gasteiger partial charge in [0, 0.05) is 13.6 Å². The lowest BCUT2D eigenvalue weighted by Crippen LogP contribution is -2.15. The normalized spacial score (nSPS) is 12.3. The lowest BCUT2D eigenvalue weighted by Gasteiger charge is -2.21. The second kappa shape index (κ2) is 6.45. The maximum absolute atomic E-state index is 6.48.